The summed E-state index contributed by atoms with van der Waals surface area (Å²) in [4.78, 5) is 23.9. The van der Waals surface area contributed by atoms with Gasteiger partial charge in [-0.3, -0.25) is 9.59 Å². The summed E-state index contributed by atoms with van der Waals surface area (Å²) in [5, 5.41) is 0. The Morgan fingerprint density at radius 3 is 2.14 bits per heavy atom. The number of Topliss-reactive ketones (excluding diaryl/α,β-unsaturated/α-hetero) is 2. The first-order valence-electron chi connectivity index (χ1n) is 5.44. The molecule has 1 spiro atoms. The third-order valence-electron chi connectivity index (χ3n) is 3.68. The maximum atomic E-state index is 12.1. The predicted molar refractivity (Wildman–Crippen MR) is 53.9 cm³/mol. The Morgan fingerprint density at radius 1 is 1.14 bits per heavy atom. The minimum absolute atomic E-state index is 0.0636. The average Bonchev–Trinajstić information content (AvgIpc) is 2.77. The molecule has 14 heavy (non-hydrogen) atoms. The van der Waals surface area contributed by atoms with Crippen LogP contribution < -0.4 is 0 Å². The van der Waals surface area contributed by atoms with Crippen LogP contribution in [0, 0.1) is 16.7 Å². The molecule has 0 radical (unpaired) electrons. The van der Waals surface area contributed by atoms with Crippen LogP contribution in [0.5, 0.6) is 0 Å². The summed E-state index contributed by atoms with van der Waals surface area (Å²) in [6.45, 7) is 5.98. The maximum Gasteiger partial charge on any atom is 0.149 e. The predicted octanol–water partition coefficient (Wildman–Crippen LogP) is 2.36. The lowest BCUT2D eigenvalue weighted by Gasteiger charge is -2.35. The van der Waals surface area contributed by atoms with Gasteiger partial charge in [-0.2, -0.15) is 0 Å². The third kappa shape index (κ3) is 1.32. The summed E-state index contributed by atoms with van der Waals surface area (Å²) in [5.41, 5.74) is -0.254. The van der Waals surface area contributed by atoms with Gasteiger partial charge in [0, 0.05) is 11.8 Å². The minimum atomic E-state index is -0.334. The molecule has 0 heterocycles. The Balaban J connectivity index is 2.29. The van der Waals surface area contributed by atoms with E-state index in [-0.39, 0.29) is 28.3 Å². The van der Waals surface area contributed by atoms with Crippen LogP contribution in [0.15, 0.2) is 0 Å². The first-order valence-corrected chi connectivity index (χ1v) is 5.44. The van der Waals surface area contributed by atoms with Crippen LogP contribution in [0.1, 0.15) is 46.5 Å². The molecule has 2 nitrogen and oxygen atoms in total. The number of carbonyl (C=O) groups is 2. The molecule has 0 amide bonds. The molecule has 1 unspecified atom stereocenters. The second kappa shape index (κ2) is 2.68. The van der Waals surface area contributed by atoms with Crippen LogP contribution in [-0.4, -0.2) is 11.6 Å². The van der Waals surface area contributed by atoms with Crippen LogP contribution in [0.3, 0.4) is 0 Å². The Hall–Kier alpha value is -0.660. The van der Waals surface area contributed by atoms with Crippen molar-refractivity contribution in [3.8, 4) is 0 Å². The van der Waals surface area contributed by atoms with Crippen molar-refractivity contribution in [2.24, 2.45) is 16.7 Å². The molecule has 0 saturated heterocycles. The Kier molecular flexibility index (Phi) is 1.89. The molecule has 0 N–H and O–H groups in total. The van der Waals surface area contributed by atoms with Crippen LogP contribution >= 0.6 is 0 Å². The lowest BCUT2D eigenvalue weighted by atomic mass is 9.66. The zero-order valence-electron chi connectivity index (χ0n) is 9.22. The molecule has 2 aliphatic carbocycles. The molecule has 0 aromatic heterocycles. The highest BCUT2D eigenvalue weighted by Gasteiger charge is 2.57. The second-order valence-corrected chi connectivity index (χ2v) is 5.91. The first kappa shape index (κ1) is 9.88. The molecular weight excluding hydrogens is 176 g/mol. The number of ketones is 2. The lowest BCUT2D eigenvalue weighted by molar-refractivity contribution is -0.144. The molecule has 0 bridgehead atoms. The third-order valence-corrected chi connectivity index (χ3v) is 3.68. The topological polar surface area (TPSA) is 34.1 Å². The van der Waals surface area contributed by atoms with Gasteiger partial charge in [-0.25, -0.2) is 0 Å². The van der Waals surface area contributed by atoms with Gasteiger partial charge in [0.15, 0.2) is 0 Å². The van der Waals surface area contributed by atoms with E-state index < -0.39 is 0 Å². The molecule has 2 fully saturated rings. The summed E-state index contributed by atoms with van der Waals surface area (Å²) in [6, 6.07) is 0. The fraction of sp³-hybridized carbons (Fsp3) is 0.833. The Labute approximate surface area is 85.1 Å². The zero-order chi connectivity index (χ0) is 10.6. The van der Waals surface area contributed by atoms with Crippen molar-refractivity contribution in [2.75, 3.05) is 0 Å². The molecular formula is C12H18O2. The van der Waals surface area contributed by atoms with E-state index in [1.807, 2.05) is 20.8 Å². The van der Waals surface area contributed by atoms with E-state index in [2.05, 4.69) is 0 Å². The van der Waals surface area contributed by atoms with Crippen molar-refractivity contribution in [2.45, 2.75) is 46.5 Å². The molecule has 0 aromatic carbocycles. The number of rotatable bonds is 0. The SMILES string of the molecule is CC(C)(C)C1C(=O)CCC2(CC2)C1=O. The van der Waals surface area contributed by atoms with Crippen molar-refractivity contribution >= 4 is 11.6 Å². The van der Waals surface area contributed by atoms with Crippen molar-refractivity contribution < 1.29 is 9.59 Å². The van der Waals surface area contributed by atoms with Crippen molar-refractivity contribution in [3.63, 3.8) is 0 Å². The molecule has 2 saturated carbocycles. The van der Waals surface area contributed by atoms with Gasteiger partial charge >= 0.3 is 0 Å². The van der Waals surface area contributed by atoms with Crippen LogP contribution in [0.25, 0.3) is 0 Å². The van der Waals surface area contributed by atoms with E-state index >= 15 is 0 Å². The highest BCUT2D eigenvalue weighted by Crippen LogP contribution is 2.56. The smallest absolute Gasteiger partial charge is 0.149 e. The van der Waals surface area contributed by atoms with E-state index in [1.54, 1.807) is 0 Å². The molecule has 0 aromatic rings. The van der Waals surface area contributed by atoms with Gasteiger partial charge in [0.1, 0.15) is 11.6 Å². The minimum Gasteiger partial charge on any atom is -0.299 e. The average molecular weight is 194 g/mol. The molecule has 2 heteroatoms. The maximum absolute atomic E-state index is 12.1. The van der Waals surface area contributed by atoms with Gasteiger partial charge in [-0.15, -0.1) is 0 Å². The fourth-order valence-corrected chi connectivity index (χ4v) is 2.61. The molecule has 0 aliphatic heterocycles. The first-order chi connectivity index (χ1) is 6.37. The Bertz CT molecular complexity index is 292. The van der Waals surface area contributed by atoms with Gasteiger partial charge < -0.3 is 0 Å². The van der Waals surface area contributed by atoms with Crippen LogP contribution in [-0.2, 0) is 9.59 Å². The van der Waals surface area contributed by atoms with Gasteiger partial charge in [0.05, 0.1) is 5.92 Å². The van der Waals surface area contributed by atoms with E-state index in [4.69, 9.17) is 0 Å². The van der Waals surface area contributed by atoms with Gasteiger partial charge in [0.25, 0.3) is 0 Å². The molecule has 2 rings (SSSR count). The van der Waals surface area contributed by atoms with Crippen molar-refractivity contribution in [3.05, 3.63) is 0 Å². The highest BCUT2D eigenvalue weighted by atomic mass is 16.2. The van der Waals surface area contributed by atoms with Crippen LogP contribution in [0.2, 0.25) is 0 Å². The fourth-order valence-electron chi connectivity index (χ4n) is 2.61. The van der Waals surface area contributed by atoms with Gasteiger partial charge in [-0.05, 0) is 24.7 Å². The lowest BCUT2D eigenvalue weighted by Crippen LogP contribution is -2.43. The van der Waals surface area contributed by atoms with E-state index in [0.717, 1.165) is 19.3 Å². The number of carbonyl (C=O) groups excluding carboxylic acids is 2. The van der Waals surface area contributed by atoms with E-state index in [9.17, 15) is 9.59 Å². The molecule has 1 atom stereocenters. The standard InChI is InChI=1S/C12H18O2/c1-11(2,3)9-8(13)4-5-12(6-7-12)10(9)14/h9H,4-7H2,1-3H3. The molecule has 2 aliphatic rings. The van der Waals surface area contributed by atoms with Gasteiger partial charge in [0.2, 0.25) is 0 Å². The summed E-state index contributed by atoms with van der Waals surface area (Å²) < 4.78 is 0. The summed E-state index contributed by atoms with van der Waals surface area (Å²) >= 11 is 0. The quantitative estimate of drug-likeness (QED) is 0.555. The Morgan fingerprint density at radius 2 is 1.71 bits per heavy atom. The monoisotopic (exact) mass is 194 g/mol. The summed E-state index contributed by atoms with van der Waals surface area (Å²) in [5.74, 6) is 0.0695. The van der Waals surface area contributed by atoms with E-state index in [1.165, 1.54) is 0 Å². The summed E-state index contributed by atoms with van der Waals surface area (Å²) in [7, 11) is 0. The summed E-state index contributed by atoms with van der Waals surface area (Å²) in [6.07, 6.45) is 3.47. The van der Waals surface area contributed by atoms with Crippen molar-refractivity contribution in [1.82, 2.24) is 0 Å². The van der Waals surface area contributed by atoms with E-state index in [0.29, 0.717) is 6.42 Å². The number of hydrogen-bond acceptors (Lipinski definition) is 2. The molecule has 78 valence electrons. The van der Waals surface area contributed by atoms with Crippen LogP contribution in [0.4, 0.5) is 0 Å². The number of hydrogen-bond donors (Lipinski definition) is 0. The zero-order valence-corrected chi connectivity index (χ0v) is 9.22. The van der Waals surface area contributed by atoms with Crippen molar-refractivity contribution in [1.29, 1.82) is 0 Å². The highest BCUT2D eigenvalue weighted by molar-refractivity contribution is 6.08. The van der Waals surface area contributed by atoms with Gasteiger partial charge in [-0.1, -0.05) is 20.8 Å². The second-order valence-electron chi connectivity index (χ2n) is 5.91. The largest absolute Gasteiger partial charge is 0.299 e. The normalized spacial score (nSPS) is 30.9.